The van der Waals surface area contributed by atoms with Gasteiger partial charge in [0.2, 0.25) is 0 Å². The molecule has 0 aromatic rings. The van der Waals surface area contributed by atoms with Crippen molar-refractivity contribution < 1.29 is 9.53 Å². The topological polar surface area (TPSA) is 41.6 Å². The highest BCUT2D eigenvalue weighted by atomic mass is 16.5. The first-order chi connectivity index (χ1) is 7.72. The summed E-state index contributed by atoms with van der Waals surface area (Å²) in [4.78, 5) is 14.1. The van der Waals surface area contributed by atoms with Crippen LogP contribution in [-0.4, -0.2) is 49.7 Å². The summed E-state index contributed by atoms with van der Waals surface area (Å²) < 4.78 is 5.14. The molecule has 4 heteroatoms. The molecular weight excluding hydrogens is 204 g/mol. The minimum Gasteiger partial charge on any atom is -0.465 e. The molecular formula is C12H24N2O2. The molecule has 0 saturated carbocycles. The van der Waals surface area contributed by atoms with Gasteiger partial charge in [0.1, 0.15) is 6.04 Å². The molecule has 0 radical (unpaired) electrons. The normalized spacial score (nSPS) is 23.3. The van der Waals surface area contributed by atoms with Crippen LogP contribution in [0.1, 0.15) is 33.1 Å². The van der Waals surface area contributed by atoms with Crippen LogP contribution in [0.2, 0.25) is 0 Å². The number of esters is 1. The van der Waals surface area contributed by atoms with Crippen LogP contribution in [0.4, 0.5) is 0 Å². The highest BCUT2D eigenvalue weighted by molar-refractivity contribution is 5.75. The zero-order valence-corrected chi connectivity index (χ0v) is 10.7. The molecule has 1 heterocycles. The van der Waals surface area contributed by atoms with Gasteiger partial charge in [0, 0.05) is 19.1 Å². The minimum absolute atomic E-state index is 0.0386. The first-order valence-corrected chi connectivity index (χ1v) is 6.30. The van der Waals surface area contributed by atoms with E-state index < -0.39 is 0 Å². The van der Waals surface area contributed by atoms with Crippen molar-refractivity contribution in [2.24, 2.45) is 0 Å². The van der Waals surface area contributed by atoms with Gasteiger partial charge in [-0.1, -0.05) is 13.3 Å². The number of likely N-dealkylation sites (tertiary alicyclic amines) is 1. The fraction of sp³-hybridized carbons (Fsp3) is 0.917. The molecule has 0 spiro atoms. The van der Waals surface area contributed by atoms with E-state index in [4.69, 9.17) is 4.74 Å². The summed E-state index contributed by atoms with van der Waals surface area (Å²) in [5.74, 6) is -0.0545. The van der Waals surface area contributed by atoms with E-state index in [9.17, 15) is 4.79 Å². The molecule has 1 saturated heterocycles. The Labute approximate surface area is 98.3 Å². The molecule has 0 aromatic heterocycles. The minimum atomic E-state index is -0.0545. The van der Waals surface area contributed by atoms with E-state index in [0.29, 0.717) is 12.6 Å². The SMILES string of the molecule is CCCC(C(=O)OCC)N1CCC(NC)C1. The highest BCUT2D eigenvalue weighted by Crippen LogP contribution is 2.17. The van der Waals surface area contributed by atoms with Crippen molar-refractivity contribution in [3.8, 4) is 0 Å². The van der Waals surface area contributed by atoms with Gasteiger partial charge >= 0.3 is 5.97 Å². The quantitative estimate of drug-likeness (QED) is 0.689. The Morgan fingerprint density at radius 2 is 2.31 bits per heavy atom. The van der Waals surface area contributed by atoms with E-state index in [0.717, 1.165) is 32.4 Å². The van der Waals surface area contributed by atoms with Crippen LogP contribution < -0.4 is 5.32 Å². The third-order valence-electron chi connectivity index (χ3n) is 3.19. The number of hydrogen-bond acceptors (Lipinski definition) is 4. The molecule has 1 fully saturated rings. The summed E-state index contributed by atoms with van der Waals surface area (Å²) in [7, 11) is 1.98. The van der Waals surface area contributed by atoms with Crippen molar-refractivity contribution in [3.05, 3.63) is 0 Å². The van der Waals surface area contributed by atoms with E-state index in [1.807, 2.05) is 14.0 Å². The fourth-order valence-electron chi connectivity index (χ4n) is 2.27. The van der Waals surface area contributed by atoms with Crippen molar-refractivity contribution in [2.75, 3.05) is 26.7 Å². The zero-order valence-electron chi connectivity index (χ0n) is 10.7. The van der Waals surface area contributed by atoms with Gasteiger partial charge in [-0.05, 0) is 26.8 Å². The van der Waals surface area contributed by atoms with E-state index in [1.165, 1.54) is 0 Å². The third kappa shape index (κ3) is 3.46. The molecule has 0 aliphatic carbocycles. The van der Waals surface area contributed by atoms with Crippen LogP contribution in [0.3, 0.4) is 0 Å². The molecule has 2 unspecified atom stereocenters. The lowest BCUT2D eigenvalue weighted by atomic mass is 10.1. The standard InChI is InChI=1S/C12H24N2O2/c1-4-6-11(12(15)16-5-2)14-8-7-10(9-14)13-3/h10-11,13H,4-9H2,1-3H3. The summed E-state index contributed by atoms with van der Waals surface area (Å²) in [6.07, 6.45) is 3.04. The average molecular weight is 228 g/mol. The molecule has 4 nitrogen and oxygen atoms in total. The lowest BCUT2D eigenvalue weighted by molar-refractivity contribution is -0.149. The number of hydrogen-bond donors (Lipinski definition) is 1. The maximum atomic E-state index is 11.8. The predicted octanol–water partition coefficient (Wildman–Crippen LogP) is 1.01. The van der Waals surface area contributed by atoms with Gasteiger partial charge in [-0.15, -0.1) is 0 Å². The van der Waals surface area contributed by atoms with Crippen LogP contribution in [-0.2, 0) is 9.53 Å². The smallest absolute Gasteiger partial charge is 0.323 e. The molecule has 1 aliphatic heterocycles. The summed E-state index contributed by atoms with van der Waals surface area (Å²) in [6.45, 7) is 6.40. The van der Waals surface area contributed by atoms with Gasteiger partial charge in [0.05, 0.1) is 6.61 Å². The molecule has 1 N–H and O–H groups in total. The Morgan fingerprint density at radius 3 is 2.81 bits per heavy atom. The number of rotatable bonds is 6. The third-order valence-corrected chi connectivity index (χ3v) is 3.19. The van der Waals surface area contributed by atoms with E-state index >= 15 is 0 Å². The van der Waals surface area contributed by atoms with Gasteiger partial charge in [0.25, 0.3) is 0 Å². The van der Waals surface area contributed by atoms with Gasteiger partial charge in [-0.3, -0.25) is 9.69 Å². The summed E-state index contributed by atoms with van der Waals surface area (Å²) in [5.41, 5.74) is 0. The average Bonchev–Trinajstić information content (AvgIpc) is 2.74. The molecule has 2 atom stereocenters. The second-order valence-corrected chi connectivity index (χ2v) is 4.33. The van der Waals surface area contributed by atoms with Crippen molar-refractivity contribution in [2.45, 2.75) is 45.2 Å². The molecule has 0 aromatic carbocycles. The Hall–Kier alpha value is -0.610. The predicted molar refractivity (Wildman–Crippen MR) is 64.4 cm³/mol. The first kappa shape index (κ1) is 13.5. The van der Waals surface area contributed by atoms with E-state index in [1.54, 1.807) is 0 Å². The highest BCUT2D eigenvalue weighted by Gasteiger charge is 2.31. The molecule has 16 heavy (non-hydrogen) atoms. The summed E-state index contributed by atoms with van der Waals surface area (Å²) in [5, 5.41) is 3.27. The van der Waals surface area contributed by atoms with Gasteiger partial charge in [0.15, 0.2) is 0 Å². The van der Waals surface area contributed by atoms with Crippen LogP contribution in [0, 0.1) is 0 Å². The molecule has 0 amide bonds. The Kier molecular flexibility index (Phi) is 5.77. The lowest BCUT2D eigenvalue weighted by Crippen LogP contribution is -2.42. The Balaban J connectivity index is 2.53. The van der Waals surface area contributed by atoms with Crippen molar-refractivity contribution >= 4 is 5.97 Å². The fourth-order valence-corrected chi connectivity index (χ4v) is 2.27. The Morgan fingerprint density at radius 1 is 1.56 bits per heavy atom. The number of likely N-dealkylation sites (N-methyl/N-ethyl adjacent to an activating group) is 1. The molecule has 94 valence electrons. The number of carbonyl (C=O) groups is 1. The van der Waals surface area contributed by atoms with Crippen LogP contribution in [0.5, 0.6) is 0 Å². The van der Waals surface area contributed by atoms with Crippen LogP contribution in [0.15, 0.2) is 0 Å². The molecule has 1 rings (SSSR count). The first-order valence-electron chi connectivity index (χ1n) is 6.30. The second-order valence-electron chi connectivity index (χ2n) is 4.33. The van der Waals surface area contributed by atoms with E-state index in [2.05, 4.69) is 17.1 Å². The van der Waals surface area contributed by atoms with E-state index in [-0.39, 0.29) is 12.0 Å². The van der Waals surface area contributed by atoms with Crippen molar-refractivity contribution in [1.29, 1.82) is 0 Å². The van der Waals surface area contributed by atoms with Crippen LogP contribution >= 0.6 is 0 Å². The maximum Gasteiger partial charge on any atom is 0.323 e. The summed E-state index contributed by atoms with van der Waals surface area (Å²) >= 11 is 0. The number of nitrogens with one attached hydrogen (secondary N) is 1. The van der Waals surface area contributed by atoms with Crippen molar-refractivity contribution in [3.63, 3.8) is 0 Å². The second kappa shape index (κ2) is 6.86. The van der Waals surface area contributed by atoms with Crippen LogP contribution in [0.25, 0.3) is 0 Å². The molecule has 0 bridgehead atoms. The lowest BCUT2D eigenvalue weighted by Gasteiger charge is -2.25. The summed E-state index contributed by atoms with van der Waals surface area (Å²) in [6, 6.07) is 0.483. The largest absolute Gasteiger partial charge is 0.465 e. The zero-order chi connectivity index (χ0) is 12.0. The Bertz CT molecular complexity index is 221. The monoisotopic (exact) mass is 228 g/mol. The number of ether oxygens (including phenoxy) is 1. The van der Waals surface area contributed by atoms with Crippen molar-refractivity contribution in [1.82, 2.24) is 10.2 Å². The molecule has 1 aliphatic rings. The number of carbonyl (C=O) groups excluding carboxylic acids is 1. The van der Waals surface area contributed by atoms with Gasteiger partial charge in [-0.25, -0.2) is 0 Å². The van der Waals surface area contributed by atoms with Gasteiger partial charge < -0.3 is 10.1 Å². The maximum absolute atomic E-state index is 11.8. The van der Waals surface area contributed by atoms with Gasteiger partial charge in [-0.2, -0.15) is 0 Å². The number of nitrogens with zero attached hydrogens (tertiary/aromatic N) is 1.